The van der Waals surface area contributed by atoms with E-state index in [1.54, 1.807) is 0 Å². The van der Waals surface area contributed by atoms with Gasteiger partial charge in [-0.1, -0.05) is 0 Å². The van der Waals surface area contributed by atoms with Crippen LogP contribution in [0.5, 0.6) is 0 Å². The molecule has 5 nitrogen and oxygen atoms in total. The lowest BCUT2D eigenvalue weighted by atomic mass is 9.99. The molecule has 1 heterocycles. The molecule has 0 radical (unpaired) electrons. The van der Waals surface area contributed by atoms with Crippen molar-refractivity contribution in [3.8, 4) is 0 Å². The van der Waals surface area contributed by atoms with Crippen molar-refractivity contribution in [1.29, 1.82) is 0 Å². The Morgan fingerprint density at radius 3 is 2.94 bits per heavy atom. The van der Waals surface area contributed by atoms with Crippen LogP contribution in [0.2, 0.25) is 0 Å². The van der Waals surface area contributed by atoms with Crippen LogP contribution < -0.4 is 5.73 Å². The molecule has 0 amide bonds. The second-order valence-corrected chi connectivity index (χ2v) is 5.02. The van der Waals surface area contributed by atoms with Gasteiger partial charge in [-0.2, -0.15) is 0 Å². The minimum Gasteiger partial charge on any atom is -0.480 e. The Balaban J connectivity index is 2.00. The van der Waals surface area contributed by atoms with Gasteiger partial charge in [0.15, 0.2) is 0 Å². The molecule has 92 valence electrons. The molecular formula is C11H20N2O3. The molecule has 0 aromatic heterocycles. The fourth-order valence-electron chi connectivity index (χ4n) is 2.81. The van der Waals surface area contributed by atoms with Crippen molar-refractivity contribution in [2.24, 2.45) is 5.73 Å². The van der Waals surface area contributed by atoms with E-state index in [0.717, 1.165) is 26.2 Å². The van der Waals surface area contributed by atoms with Gasteiger partial charge in [-0.3, -0.25) is 9.69 Å². The maximum atomic E-state index is 11.1. The molecule has 0 aromatic rings. The van der Waals surface area contributed by atoms with Gasteiger partial charge in [0.2, 0.25) is 0 Å². The summed E-state index contributed by atoms with van der Waals surface area (Å²) >= 11 is 0. The summed E-state index contributed by atoms with van der Waals surface area (Å²) in [4.78, 5) is 13.4. The van der Waals surface area contributed by atoms with Gasteiger partial charge in [0, 0.05) is 18.6 Å². The van der Waals surface area contributed by atoms with E-state index in [0.29, 0.717) is 24.9 Å². The maximum Gasteiger partial charge on any atom is 0.323 e. The van der Waals surface area contributed by atoms with Gasteiger partial charge in [-0.15, -0.1) is 0 Å². The van der Waals surface area contributed by atoms with Crippen LogP contribution in [0.3, 0.4) is 0 Å². The number of nitrogens with zero attached hydrogens (tertiary/aromatic N) is 1. The molecule has 16 heavy (non-hydrogen) atoms. The predicted molar refractivity (Wildman–Crippen MR) is 59.2 cm³/mol. The lowest BCUT2D eigenvalue weighted by molar-refractivity contribution is -0.143. The summed E-state index contributed by atoms with van der Waals surface area (Å²) < 4.78 is 5.38. The molecule has 2 rings (SSSR count). The Hall–Kier alpha value is -0.650. The van der Waals surface area contributed by atoms with Crippen molar-refractivity contribution in [1.82, 2.24) is 4.90 Å². The molecule has 1 saturated carbocycles. The summed E-state index contributed by atoms with van der Waals surface area (Å²) in [5.41, 5.74) is 4.88. The summed E-state index contributed by atoms with van der Waals surface area (Å²) in [6.07, 6.45) is 2.02. The van der Waals surface area contributed by atoms with Crippen molar-refractivity contribution in [3.05, 3.63) is 0 Å². The van der Waals surface area contributed by atoms with Gasteiger partial charge in [0.25, 0.3) is 0 Å². The van der Waals surface area contributed by atoms with Crippen LogP contribution in [-0.2, 0) is 9.53 Å². The van der Waals surface area contributed by atoms with Crippen LogP contribution >= 0.6 is 0 Å². The van der Waals surface area contributed by atoms with Gasteiger partial charge in [0.05, 0.1) is 13.2 Å². The van der Waals surface area contributed by atoms with E-state index in [1.165, 1.54) is 0 Å². The SMILES string of the molecule is CC1COCCN1C1CCC(N)(C(=O)O)C1. The van der Waals surface area contributed by atoms with Crippen LogP contribution in [-0.4, -0.2) is 53.4 Å². The van der Waals surface area contributed by atoms with Crippen molar-refractivity contribution < 1.29 is 14.6 Å². The minimum atomic E-state index is -1.01. The molecule has 3 unspecified atom stereocenters. The third kappa shape index (κ3) is 2.07. The summed E-state index contributed by atoms with van der Waals surface area (Å²) in [5, 5.41) is 9.09. The zero-order valence-electron chi connectivity index (χ0n) is 9.69. The third-order valence-corrected chi connectivity index (χ3v) is 3.84. The fraction of sp³-hybridized carbons (Fsp3) is 0.909. The molecular weight excluding hydrogens is 208 g/mol. The van der Waals surface area contributed by atoms with E-state index >= 15 is 0 Å². The summed E-state index contributed by atoms with van der Waals surface area (Å²) in [6, 6.07) is 0.676. The maximum absolute atomic E-state index is 11.1. The Morgan fingerprint density at radius 1 is 1.62 bits per heavy atom. The molecule has 0 spiro atoms. The Labute approximate surface area is 95.5 Å². The van der Waals surface area contributed by atoms with Gasteiger partial charge in [-0.25, -0.2) is 0 Å². The van der Waals surface area contributed by atoms with Gasteiger partial charge >= 0.3 is 5.97 Å². The molecule has 3 N–H and O–H groups in total. The van der Waals surface area contributed by atoms with Gasteiger partial charge < -0.3 is 15.6 Å². The zero-order valence-corrected chi connectivity index (χ0v) is 9.69. The largest absolute Gasteiger partial charge is 0.480 e. The first-order chi connectivity index (χ1) is 7.53. The minimum absolute atomic E-state index is 0.306. The van der Waals surface area contributed by atoms with E-state index in [-0.39, 0.29) is 0 Å². The first kappa shape index (κ1) is 11.8. The normalized spacial score (nSPS) is 41.1. The Kier molecular flexibility index (Phi) is 3.19. The topological polar surface area (TPSA) is 75.8 Å². The lowest BCUT2D eigenvalue weighted by Gasteiger charge is -2.38. The highest BCUT2D eigenvalue weighted by Crippen LogP contribution is 2.33. The second-order valence-electron chi connectivity index (χ2n) is 5.02. The number of hydrogen-bond acceptors (Lipinski definition) is 4. The van der Waals surface area contributed by atoms with E-state index in [4.69, 9.17) is 15.6 Å². The van der Waals surface area contributed by atoms with Gasteiger partial charge in [0.1, 0.15) is 5.54 Å². The second kappa shape index (κ2) is 4.31. The smallest absolute Gasteiger partial charge is 0.323 e. The number of aliphatic carboxylic acids is 1. The summed E-state index contributed by atoms with van der Waals surface area (Å²) in [7, 11) is 0. The molecule has 5 heteroatoms. The highest BCUT2D eigenvalue weighted by atomic mass is 16.5. The molecule has 0 bridgehead atoms. The number of carboxylic acids is 1. The van der Waals surface area contributed by atoms with E-state index in [1.807, 2.05) is 0 Å². The summed E-state index contributed by atoms with van der Waals surface area (Å²) in [5.74, 6) is -0.865. The monoisotopic (exact) mass is 228 g/mol. The van der Waals surface area contributed by atoms with Gasteiger partial charge in [-0.05, 0) is 26.2 Å². The molecule has 1 saturated heterocycles. The van der Waals surface area contributed by atoms with Crippen LogP contribution in [0.15, 0.2) is 0 Å². The van der Waals surface area contributed by atoms with Crippen LogP contribution in [0.1, 0.15) is 26.2 Å². The van der Waals surface area contributed by atoms with Crippen LogP contribution in [0.25, 0.3) is 0 Å². The zero-order chi connectivity index (χ0) is 11.8. The molecule has 0 aromatic carbocycles. The number of ether oxygens (including phenoxy) is 1. The fourth-order valence-corrected chi connectivity index (χ4v) is 2.81. The average Bonchev–Trinajstić information content (AvgIpc) is 2.63. The highest BCUT2D eigenvalue weighted by Gasteiger charge is 2.45. The van der Waals surface area contributed by atoms with Crippen LogP contribution in [0.4, 0.5) is 0 Å². The first-order valence-electron chi connectivity index (χ1n) is 5.89. The van der Waals surface area contributed by atoms with Crippen molar-refractivity contribution in [3.63, 3.8) is 0 Å². The standard InChI is InChI=1S/C11H20N2O3/c1-8-7-16-5-4-13(8)9-2-3-11(12,6-9)10(14)15/h8-9H,2-7,12H2,1H3,(H,14,15). The molecule has 3 atom stereocenters. The quantitative estimate of drug-likeness (QED) is 0.698. The predicted octanol–water partition coefficient (Wildman–Crippen LogP) is 0.0417. The number of morpholine rings is 1. The highest BCUT2D eigenvalue weighted by molar-refractivity contribution is 5.79. The van der Waals surface area contributed by atoms with Crippen molar-refractivity contribution in [2.75, 3.05) is 19.8 Å². The first-order valence-corrected chi connectivity index (χ1v) is 5.89. The number of carboxylic acid groups (broad SMARTS) is 1. The number of rotatable bonds is 2. The van der Waals surface area contributed by atoms with Crippen molar-refractivity contribution >= 4 is 5.97 Å². The third-order valence-electron chi connectivity index (χ3n) is 3.84. The average molecular weight is 228 g/mol. The molecule has 2 fully saturated rings. The summed E-state index contributed by atoms with van der Waals surface area (Å²) in [6.45, 7) is 4.49. The van der Waals surface area contributed by atoms with Crippen molar-refractivity contribution in [2.45, 2.75) is 43.8 Å². The molecule has 1 aliphatic heterocycles. The van der Waals surface area contributed by atoms with E-state index in [9.17, 15) is 4.79 Å². The number of nitrogens with two attached hydrogens (primary N) is 1. The van der Waals surface area contributed by atoms with E-state index < -0.39 is 11.5 Å². The number of hydrogen-bond donors (Lipinski definition) is 2. The Bertz CT molecular complexity index is 284. The van der Waals surface area contributed by atoms with E-state index in [2.05, 4.69) is 11.8 Å². The molecule has 1 aliphatic carbocycles. The number of carbonyl (C=O) groups is 1. The molecule has 2 aliphatic rings. The van der Waals surface area contributed by atoms with Crippen LogP contribution in [0, 0.1) is 0 Å². The Morgan fingerprint density at radius 2 is 2.38 bits per heavy atom. The lowest BCUT2D eigenvalue weighted by Crippen LogP contribution is -2.51.